The molecule has 2 amide bonds. The summed E-state index contributed by atoms with van der Waals surface area (Å²) in [7, 11) is 0. The average molecular weight is 288 g/mol. The highest BCUT2D eigenvalue weighted by Gasteiger charge is 2.40. The number of fused-ring (bicyclic) bond motifs is 1. The van der Waals surface area contributed by atoms with Gasteiger partial charge in [0.15, 0.2) is 0 Å². The van der Waals surface area contributed by atoms with Crippen molar-refractivity contribution < 1.29 is 9.59 Å². The van der Waals surface area contributed by atoms with Crippen molar-refractivity contribution in [1.29, 1.82) is 0 Å². The largest absolute Gasteiger partial charge is 0.351 e. The molecule has 0 unspecified atom stereocenters. The van der Waals surface area contributed by atoms with E-state index in [1.165, 1.54) is 0 Å². The molecule has 3 aliphatic rings. The minimum atomic E-state index is -0.00577. The summed E-state index contributed by atoms with van der Waals surface area (Å²) in [6.45, 7) is 0.692. The molecule has 0 bridgehead atoms. The number of carbonyl (C=O) groups is 2. The van der Waals surface area contributed by atoms with E-state index in [2.05, 4.69) is 15.3 Å². The van der Waals surface area contributed by atoms with Crippen LogP contribution in [0.1, 0.15) is 37.1 Å². The van der Waals surface area contributed by atoms with Gasteiger partial charge in [0, 0.05) is 37.0 Å². The molecule has 2 fully saturated rings. The van der Waals surface area contributed by atoms with Crippen LogP contribution in [0.25, 0.3) is 0 Å². The van der Waals surface area contributed by atoms with Gasteiger partial charge in [-0.15, -0.1) is 0 Å². The molecule has 21 heavy (non-hydrogen) atoms. The second-order valence-electron chi connectivity index (χ2n) is 6.45. The maximum absolute atomic E-state index is 12.4. The Kier molecular flexibility index (Phi) is 2.97. The molecule has 1 aliphatic heterocycles. The fourth-order valence-corrected chi connectivity index (χ4v) is 3.51. The van der Waals surface area contributed by atoms with Crippen LogP contribution in [0.4, 0.5) is 0 Å². The van der Waals surface area contributed by atoms with Crippen molar-refractivity contribution in [2.24, 2.45) is 5.92 Å². The summed E-state index contributed by atoms with van der Waals surface area (Å²) in [4.78, 5) is 33.6. The Bertz CT molecular complexity index is 578. The highest BCUT2D eigenvalue weighted by atomic mass is 16.2. The van der Waals surface area contributed by atoms with Gasteiger partial charge in [-0.05, 0) is 25.7 Å². The van der Waals surface area contributed by atoms with Crippen molar-refractivity contribution >= 4 is 11.8 Å². The van der Waals surface area contributed by atoms with E-state index in [-0.39, 0.29) is 23.8 Å². The van der Waals surface area contributed by atoms with Gasteiger partial charge in [-0.25, -0.2) is 4.98 Å². The van der Waals surface area contributed by atoms with E-state index in [1.54, 1.807) is 6.33 Å². The van der Waals surface area contributed by atoms with Gasteiger partial charge in [-0.3, -0.25) is 9.59 Å². The average Bonchev–Trinajstić information content (AvgIpc) is 3.09. The number of aryl methyl sites for hydroxylation is 1. The topological polar surface area (TPSA) is 78.1 Å². The van der Waals surface area contributed by atoms with E-state index < -0.39 is 0 Å². The van der Waals surface area contributed by atoms with Crippen LogP contribution >= 0.6 is 0 Å². The van der Waals surface area contributed by atoms with Gasteiger partial charge in [0.2, 0.25) is 11.8 Å². The van der Waals surface area contributed by atoms with Gasteiger partial charge >= 0.3 is 0 Å². The SMILES string of the molecule is O=C(N[C@@H]1CC(=O)N(C2CC2)C1)[C@H]1CCc2nc[nH]c2C1. The lowest BCUT2D eigenvalue weighted by atomic mass is 9.89. The molecule has 112 valence electrons. The lowest BCUT2D eigenvalue weighted by Crippen LogP contribution is -2.42. The monoisotopic (exact) mass is 288 g/mol. The summed E-state index contributed by atoms with van der Waals surface area (Å²) >= 11 is 0. The number of rotatable bonds is 3. The highest BCUT2D eigenvalue weighted by molar-refractivity contribution is 5.83. The third-order valence-corrected chi connectivity index (χ3v) is 4.85. The van der Waals surface area contributed by atoms with E-state index in [4.69, 9.17) is 0 Å². The summed E-state index contributed by atoms with van der Waals surface area (Å²) in [6.07, 6.45) is 6.84. The van der Waals surface area contributed by atoms with Crippen LogP contribution < -0.4 is 5.32 Å². The number of amides is 2. The number of H-pyrrole nitrogens is 1. The van der Waals surface area contributed by atoms with Crippen molar-refractivity contribution in [3.63, 3.8) is 0 Å². The van der Waals surface area contributed by atoms with Crippen molar-refractivity contribution in [2.75, 3.05) is 6.54 Å². The molecule has 4 rings (SSSR count). The Balaban J connectivity index is 1.35. The standard InChI is InChI=1S/C15H20N4O2/c20-14-6-10(7-19(14)11-2-3-11)18-15(21)9-1-4-12-13(5-9)17-8-16-12/h8-11H,1-7H2,(H,16,17)(H,18,21)/t9-,10+/m0/s1. The van der Waals surface area contributed by atoms with E-state index in [0.29, 0.717) is 19.0 Å². The van der Waals surface area contributed by atoms with Crippen LogP contribution in [0.2, 0.25) is 0 Å². The Hall–Kier alpha value is -1.85. The molecular formula is C15H20N4O2. The molecule has 2 heterocycles. The predicted molar refractivity (Wildman–Crippen MR) is 75.4 cm³/mol. The molecule has 1 aromatic rings. The van der Waals surface area contributed by atoms with Crippen molar-refractivity contribution in [2.45, 2.75) is 50.6 Å². The maximum Gasteiger partial charge on any atom is 0.225 e. The molecule has 1 saturated carbocycles. The molecule has 2 aliphatic carbocycles. The van der Waals surface area contributed by atoms with Crippen molar-refractivity contribution in [3.8, 4) is 0 Å². The van der Waals surface area contributed by atoms with Gasteiger partial charge in [-0.1, -0.05) is 0 Å². The Morgan fingerprint density at radius 2 is 2.19 bits per heavy atom. The van der Waals surface area contributed by atoms with E-state index in [9.17, 15) is 9.59 Å². The normalized spacial score (nSPS) is 28.6. The zero-order valence-corrected chi connectivity index (χ0v) is 12.0. The van der Waals surface area contributed by atoms with Crippen LogP contribution in [0.3, 0.4) is 0 Å². The third-order valence-electron chi connectivity index (χ3n) is 4.85. The number of nitrogens with one attached hydrogen (secondary N) is 2. The number of hydrogen-bond donors (Lipinski definition) is 2. The molecule has 0 spiro atoms. The number of aromatic amines is 1. The zero-order valence-electron chi connectivity index (χ0n) is 12.0. The molecular weight excluding hydrogens is 268 g/mol. The van der Waals surface area contributed by atoms with Gasteiger partial charge < -0.3 is 15.2 Å². The fraction of sp³-hybridized carbons (Fsp3) is 0.667. The maximum atomic E-state index is 12.4. The number of aromatic nitrogens is 2. The van der Waals surface area contributed by atoms with Gasteiger partial charge in [0.1, 0.15) is 0 Å². The molecule has 2 atom stereocenters. The smallest absolute Gasteiger partial charge is 0.225 e. The lowest BCUT2D eigenvalue weighted by Gasteiger charge is -2.23. The van der Waals surface area contributed by atoms with Crippen LogP contribution in [0, 0.1) is 5.92 Å². The molecule has 0 aromatic carbocycles. The second-order valence-corrected chi connectivity index (χ2v) is 6.45. The first-order valence-electron chi connectivity index (χ1n) is 7.81. The zero-order chi connectivity index (χ0) is 14.4. The summed E-state index contributed by atoms with van der Waals surface area (Å²) in [5.41, 5.74) is 2.18. The van der Waals surface area contributed by atoms with Gasteiger partial charge in [0.25, 0.3) is 0 Å². The first kappa shape index (κ1) is 12.9. The Morgan fingerprint density at radius 3 is 3.00 bits per heavy atom. The fourth-order valence-electron chi connectivity index (χ4n) is 3.51. The third kappa shape index (κ3) is 2.43. The first-order valence-corrected chi connectivity index (χ1v) is 7.81. The number of nitrogens with zero attached hydrogens (tertiary/aromatic N) is 2. The van der Waals surface area contributed by atoms with Crippen LogP contribution in [-0.4, -0.2) is 45.3 Å². The van der Waals surface area contributed by atoms with Crippen molar-refractivity contribution in [3.05, 3.63) is 17.7 Å². The summed E-state index contributed by atoms with van der Waals surface area (Å²) in [5.74, 6) is 0.288. The summed E-state index contributed by atoms with van der Waals surface area (Å²) in [5, 5.41) is 3.08. The molecule has 1 aromatic heterocycles. The van der Waals surface area contributed by atoms with Crippen LogP contribution in [0.15, 0.2) is 6.33 Å². The molecule has 6 heteroatoms. The van der Waals surface area contributed by atoms with Crippen LogP contribution in [0.5, 0.6) is 0 Å². The minimum absolute atomic E-state index is 0.00280. The lowest BCUT2D eigenvalue weighted by molar-refractivity contribution is -0.128. The van der Waals surface area contributed by atoms with Crippen LogP contribution in [-0.2, 0) is 22.4 Å². The highest BCUT2D eigenvalue weighted by Crippen LogP contribution is 2.31. The summed E-state index contributed by atoms with van der Waals surface area (Å²) in [6, 6.07) is 0.440. The summed E-state index contributed by atoms with van der Waals surface area (Å²) < 4.78 is 0. The van der Waals surface area contributed by atoms with E-state index >= 15 is 0 Å². The number of carbonyl (C=O) groups excluding carboxylic acids is 2. The number of hydrogen-bond acceptors (Lipinski definition) is 3. The van der Waals surface area contributed by atoms with Gasteiger partial charge in [0.05, 0.1) is 18.1 Å². The van der Waals surface area contributed by atoms with Gasteiger partial charge in [-0.2, -0.15) is 0 Å². The predicted octanol–water partition coefficient (Wildman–Crippen LogP) is 0.394. The van der Waals surface area contributed by atoms with E-state index in [0.717, 1.165) is 43.5 Å². The number of likely N-dealkylation sites (tertiary alicyclic amines) is 1. The molecule has 6 nitrogen and oxygen atoms in total. The molecule has 1 saturated heterocycles. The molecule has 0 radical (unpaired) electrons. The van der Waals surface area contributed by atoms with Crippen molar-refractivity contribution in [1.82, 2.24) is 20.2 Å². The van der Waals surface area contributed by atoms with E-state index in [1.807, 2.05) is 4.90 Å². The first-order chi connectivity index (χ1) is 10.2. The quantitative estimate of drug-likeness (QED) is 0.845. The Morgan fingerprint density at radius 1 is 1.33 bits per heavy atom. The minimum Gasteiger partial charge on any atom is -0.351 e. The Labute approximate surface area is 123 Å². The molecule has 2 N–H and O–H groups in total. The second kappa shape index (κ2) is 4.86. The number of imidazole rings is 1.